The molecule has 0 atom stereocenters. The zero-order chi connectivity index (χ0) is 12.0. The number of alkyl halides is 1. The molecule has 0 fully saturated rings. The average molecular weight is 245 g/mol. The summed E-state index contributed by atoms with van der Waals surface area (Å²) in [5, 5.41) is 8.06. The summed E-state index contributed by atoms with van der Waals surface area (Å²) >= 11 is 5.84. The smallest absolute Gasteiger partial charge is 0.0967 e. The SMILES string of the molecule is CCC(CC)N(CCCl)Cc1cn(C)nn1. The van der Waals surface area contributed by atoms with Crippen molar-refractivity contribution in [1.82, 2.24) is 19.9 Å². The van der Waals surface area contributed by atoms with Crippen LogP contribution in [0.4, 0.5) is 0 Å². The lowest BCUT2D eigenvalue weighted by Crippen LogP contribution is -2.35. The van der Waals surface area contributed by atoms with Gasteiger partial charge >= 0.3 is 0 Å². The molecule has 92 valence electrons. The van der Waals surface area contributed by atoms with Gasteiger partial charge in [-0.25, -0.2) is 0 Å². The van der Waals surface area contributed by atoms with Gasteiger partial charge in [-0.2, -0.15) is 0 Å². The Morgan fingerprint density at radius 3 is 2.56 bits per heavy atom. The van der Waals surface area contributed by atoms with E-state index in [4.69, 9.17) is 11.6 Å². The van der Waals surface area contributed by atoms with Crippen molar-refractivity contribution >= 4 is 11.6 Å². The predicted molar refractivity (Wildman–Crippen MR) is 66.5 cm³/mol. The van der Waals surface area contributed by atoms with E-state index in [0.717, 1.165) is 31.6 Å². The normalized spacial score (nSPS) is 11.6. The summed E-state index contributed by atoms with van der Waals surface area (Å²) in [6.45, 7) is 6.18. The minimum absolute atomic E-state index is 0.584. The minimum Gasteiger partial charge on any atom is -0.293 e. The molecule has 1 heterocycles. The first-order valence-corrected chi connectivity index (χ1v) is 6.39. The summed E-state index contributed by atoms with van der Waals surface area (Å²) in [5.74, 6) is 0.663. The van der Waals surface area contributed by atoms with Crippen LogP contribution < -0.4 is 0 Å². The second-order valence-corrected chi connectivity index (χ2v) is 4.39. The highest BCUT2D eigenvalue weighted by atomic mass is 35.5. The molecule has 5 heteroatoms. The first kappa shape index (κ1) is 13.5. The van der Waals surface area contributed by atoms with Crippen molar-refractivity contribution in [3.63, 3.8) is 0 Å². The van der Waals surface area contributed by atoms with Crippen LogP contribution in [-0.2, 0) is 13.6 Å². The third kappa shape index (κ3) is 3.76. The first-order chi connectivity index (χ1) is 7.71. The van der Waals surface area contributed by atoms with Crippen molar-refractivity contribution in [1.29, 1.82) is 0 Å². The fourth-order valence-corrected chi connectivity index (χ4v) is 2.20. The summed E-state index contributed by atoms with van der Waals surface area (Å²) in [4.78, 5) is 2.39. The molecule has 1 aromatic rings. The van der Waals surface area contributed by atoms with Gasteiger partial charge in [0.2, 0.25) is 0 Å². The monoisotopic (exact) mass is 244 g/mol. The fraction of sp³-hybridized carbons (Fsp3) is 0.818. The highest BCUT2D eigenvalue weighted by molar-refractivity contribution is 6.18. The van der Waals surface area contributed by atoms with Crippen molar-refractivity contribution in [2.24, 2.45) is 7.05 Å². The molecule has 0 radical (unpaired) electrons. The summed E-state index contributed by atoms with van der Waals surface area (Å²) in [6, 6.07) is 0.584. The molecule has 0 bridgehead atoms. The molecule has 0 aromatic carbocycles. The van der Waals surface area contributed by atoms with Gasteiger partial charge in [0.25, 0.3) is 0 Å². The van der Waals surface area contributed by atoms with Gasteiger partial charge < -0.3 is 0 Å². The number of aryl methyl sites for hydroxylation is 1. The second kappa shape index (κ2) is 6.86. The third-order valence-electron chi connectivity index (χ3n) is 2.85. The van der Waals surface area contributed by atoms with E-state index in [0.29, 0.717) is 11.9 Å². The van der Waals surface area contributed by atoms with E-state index >= 15 is 0 Å². The van der Waals surface area contributed by atoms with Gasteiger partial charge in [-0.1, -0.05) is 19.1 Å². The zero-order valence-corrected chi connectivity index (χ0v) is 11.1. The van der Waals surface area contributed by atoms with Gasteiger partial charge in [0.1, 0.15) is 0 Å². The molecule has 0 unspecified atom stereocenters. The van der Waals surface area contributed by atoms with Crippen LogP contribution in [-0.4, -0.2) is 38.4 Å². The van der Waals surface area contributed by atoms with Crippen LogP contribution in [0, 0.1) is 0 Å². The van der Waals surface area contributed by atoms with Crippen molar-refractivity contribution in [3.8, 4) is 0 Å². The molecule has 4 nitrogen and oxygen atoms in total. The molecule has 0 amide bonds. The van der Waals surface area contributed by atoms with Crippen LogP contribution in [0.15, 0.2) is 6.20 Å². The van der Waals surface area contributed by atoms with E-state index < -0.39 is 0 Å². The Kier molecular flexibility index (Phi) is 5.77. The number of halogens is 1. The highest BCUT2D eigenvalue weighted by Gasteiger charge is 2.15. The molecule has 0 spiro atoms. The largest absolute Gasteiger partial charge is 0.293 e. The van der Waals surface area contributed by atoms with Crippen LogP contribution in [0.5, 0.6) is 0 Å². The molecular weight excluding hydrogens is 224 g/mol. The first-order valence-electron chi connectivity index (χ1n) is 5.86. The summed E-state index contributed by atoms with van der Waals surface area (Å²) in [6.07, 6.45) is 4.25. The van der Waals surface area contributed by atoms with Crippen LogP contribution in [0.2, 0.25) is 0 Å². The predicted octanol–water partition coefficient (Wildman–Crippen LogP) is 2.04. The summed E-state index contributed by atoms with van der Waals surface area (Å²) in [5.41, 5.74) is 1.01. The number of hydrogen-bond acceptors (Lipinski definition) is 3. The van der Waals surface area contributed by atoms with E-state index in [1.807, 2.05) is 13.2 Å². The molecular formula is C11H21ClN4. The van der Waals surface area contributed by atoms with Gasteiger partial charge in [0.05, 0.1) is 5.69 Å². The summed E-state index contributed by atoms with van der Waals surface area (Å²) < 4.78 is 1.74. The lowest BCUT2D eigenvalue weighted by molar-refractivity contribution is 0.186. The molecule has 0 aliphatic heterocycles. The maximum atomic E-state index is 5.84. The molecule has 1 aromatic heterocycles. The molecule has 0 aliphatic carbocycles. The quantitative estimate of drug-likeness (QED) is 0.689. The van der Waals surface area contributed by atoms with Gasteiger partial charge in [0, 0.05) is 38.3 Å². The van der Waals surface area contributed by atoms with Crippen molar-refractivity contribution in [2.75, 3.05) is 12.4 Å². The number of rotatable bonds is 7. The van der Waals surface area contributed by atoms with Crippen molar-refractivity contribution < 1.29 is 0 Å². The fourth-order valence-electron chi connectivity index (χ4n) is 1.98. The zero-order valence-electron chi connectivity index (χ0n) is 10.4. The van der Waals surface area contributed by atoms with Crippen LogP contribution >= 0.6 is 11.6 Å². The molecule has 0 saturated heterocycles. The van der Waals surface area contributed by atoms with E-state index in [-0.39, 0.29) is 0 Å². The maximum absolute atomic E-state index is 5.84. The minimum atomic E-state index is 0.584. The molecule has 1 rings (SSSR count). The van der Waals surface area contributed by atoms with E-state index in [1.54, 1.807) is 4.68 Å². The highest BCUT2D eigenvalue weighted by Crippen LogP contribution is 2.12. The Bertz CT molecular complexity index is 296. The van der Waals surface area contributed by atoms with Gasteiger partial charge in [-0.05, 0) is 12.8 Å². The van der Waals surface area contributed by atoms with E-state index in [9.17, 15) is 0 Å². The lowest BCUT2D eigenvalue weighted by atomic mass is 10.1. The molecule has 16 heavy (non-hydrogen) atoms. The number of nitrogens with zero attached hydrogens (tertiary/aromatic N) is 4. The van der Waals surface area contributed by atoms with E-state index in [2.05, 4.69) is 29.1 Å². The van der Waals surface area contributed by atoms with Crippen molar-refractivity contribution in [3.05, 3.63) is 11.9 Å². The Balaban J connectivity index is 2.63. The molecule has 0 N–H and O–H groups in total. The molecule has 0 saturated carbocycles. The van der Waals surface area contributed by atoms with Gasteiger partial charge in [-0.3, -0.25) is 9.58 Å². The number of hydrogen-bond donors (Lipinski definition) is 0. The van der Waals surface area contributed by atoms with Crippen LogP contribution in [0.3, 0.4) is 0 Å². The lowest BCUT2D eigenvalue weighted by Gasteiger charge is -2.28. The average Bonchev–Trinajstić information content (AvgIpc) is 2.66. The van der Waals surface area contributed by atoms with Crippen LogP contribution in [0.1, 0.15) is 32.4 Å². The van der Waals surface area contributed by atoms with E-state index in [1.165, 1.54) is 0 Å². The third-order valence-corrected chi connectivity index (χ3v) is 3.01. The van der Waals surface area contributed by atoms with Gasteiger partial charge in [-0.15, -0.1) is 16.7 Å². The number of aromatic nitrogens is 3. The van der Waals surface area contributed by atoms with Crippen molar-refractivity contribution in [2.45, 2.75) is 39.3 Å². The van der Waals surface area contributed by atoms with Gasteiger partial charge in [0.15, 0.2) is 0 Å². The Hall–Kier alpha value is -0.610. The Morgan fingerprint density at radius 2 is 2.12 bits per heavy atom. The standard InChI is InChI=1S/C11H21ClN4/c1-4-11(5-2)16(7-6-12)9-10-8-15(3)14-13-10/h8,11H,4-7,9H2,1-3H3. The Morgan fingerprint density at radius 1 is 1.44 bits per heavy atom. The summed E-state index contributed by atoms with van der Waals surface area (Å²) in [7, 11) is 1.89. The topological polar surface area (TPSA) is 34.0 Å². The molecule has 0 aliphatic rings. The van der Waals surface area contributed by atoms with Crippen LogP contribution in [0.25, 0.3) is 0 Å². The Labute approximate surface area is 103 Å². The maximum Gasteiger partial charge on any atom is 0.0967 e. The second-order valence-electron chi connectivity index (χ2n) is 4.01.